The Kier molecular flexibility index (Phi) is 4.31. The summed E-state index contributed by atoms with van der Waals surface area (Å²) < 4.78 is 0. The lowest BCUT2D eigenvalue weighted by Gasteiger charge is -2.28. The third kappa shape index (κ3) is 2.87. The molecule has 1 aromatic rings. The first-order valence-electron chi connectivity index (χ1n) is 5.76. The molecule has 0 fully saturated rings. The second-order valence-corrected chi connectivity index (χ2v) is 3.98. The smallest absolute Gasteiger partial charge is 0.337 e. The van der Waals surface area contributed by atoms with Gasteiger partial charge in [-0.05, 0) is 26.3 Å². The zero-order valence-corrected chi connectivity index (χ0v) is 10.5. The summed E-state index contributed by atoms with van der Waals surface area (Å²) in [5, 5.41) is 9.01. The normalized spacial score (nSPS) is 12.2. The second-order valence-electron chi connectivity index (χ2n) is 3.98. The molecule has 0 bridgehead atoms. The summed E-state index contributed by atoms with van der Waals surface area (Å²) in [6.07, 6.45) is 2.38. The Morgan fingerprint density at radius 1 is 1.59 bits per heavy atom. The molecule has 0 saturated heterocycles. The number of carbonyl (C=O) groups is 1. The van der Waals surface area contributed by atoms with E-state index in [0.717, 1.165) is 13.0 Å². The first kappa shape index (κ1) is 13.3. The van der Waals surface area contributed by atoms with Gasteiger partial charge in [0, 0.05) is 12.6 Å². The summed E-state index contributed by atoms with van der Waals surface area (Å²) in [5.74, 6) is -0.361. The minimum Gasteiger partial charge on any atom is -0.478 e. The molecule has 1 atom stereocenters. The van der Waals surface area contributed by atoms with Crippen molar-refractivity contribution in [1.29, 1.82) is 0 Å². The number of hydrogen-bond acceptors (Lipinski definition) is 4. The van der Waals surface area contributed by atoms with Gasteiger partial charge in [0.15, 0.2) is 0 Å². The highest BCUT2D eigenvalue weighted by Crippen LogP contribution is 2.20. The molecular weight excluding hydrogens is 218 g/mol. The maximum Gasteiger partial charge on any atom is 0.337 e. The predicted molar refractivity (Wildman–Crippen MR) is 68.4 cm³/mol. The highest BCUT2D eigenvalue weighted by Gasteiger charge is 2.16. The van der Waals surface area contributed by atoms with Crippen molar-refractivity contribution in [1.82, 2.24) is 4.98 Å². The maximum absolute atomic E-state index is 11.0. The number of carboxylic acids is 1. The number of nitrogen functional groups attached to an aromatic ring is 1. The van der Waals surface area contributed by atoms with E-state index in [4.69, 9.17) is 10.8 Å². The standard InChI is InChI=1S/C12H19N3O2/c1-4-8(3)15(5-2)11-6-9(12(16)17)10(13)7-14-11/h6-8H,4-5,13H2,1-3H3,(H,16,17). The van der Waals surface area contributed by atoms with Crippen LogP contribution in [0.15, 0.2) is 12.3 Å². The lowest BCUT2D eigenvalue weighted by molar-refractivity contribution is 0.0698. The largest absolute Gasteiger partial charge is 0.478 e. The Balaban J connectivity index is 3.13. The average molecular weight is 237 g/mol. The molecule has 0 saturated carbocycles. The molecule has 0 aliphatic heterocycles. The summed E-state index contributed by atoms with van der Waals surface area (Å²) >= 11 is 0. The number of aromatic carboxylic acids is 1. The van der Waals surface area contributed by atoms with Crippen molar-refractivity contribution in [2.75, 3.05) is 17.2 Å². The van der Waals surface area contributed by atoms with Gasteiger partial charge in [0.2, 0.25) is 0 Å². The van der Waals surface area contributed by atoms with E-state index in [1.807, 2.05) is 6.92 Å². The summed E-state index contributed by atoms with van der Waals surface area (Å²) in [6.45, 7) is 6.97. The van der Waals surface area contributed by atoms with E-state index in [0.29, 0.717) is 11.9 Å². The highest BCUT2D eigenvalue weighted by atomic mass is 16.4. The van der Waals surface area contributed by atoms with Crippen LogP contribution in [0.1, 0.15) is 37.6 Å². The van der Waals surface area contributed by atoms with E-state index in [2.05, 4.69) is 23.7 Å². The SMILES string of the molecule is CCC(C)N(CC)c1cc(C(=O)O)c(N)cn1. The Morgan fingerprint density at radius 3 is 2.71 bits per heavy atom. The second kappa shape index (κ2) is 5.52. The minimum atomic E-state index is -1.02. The number of nitrogens with two attached hydrogens (primary N) is 1. The van der Waals surface area contributed by atoms with Crippen LogP contribution in [-0.2, 0) is 0 Å². The molecule has 0 spiro atoms. The fourth-order valence-electron chi connectivity index (χ4n) is 1.72. The topological polar surface area (TPSA) is 79.5 Å². The van der Waals surface area contributed by atoms with Gasteiger partial charge in [-0.2, -0.15) is 0 Å². The van der Waals surface area contributed by atoms with Crippen LogP contribution in [0.5, 0.6) is 0 Å². The summed E-state index contributed by atoms with van der Waals surface area (Å²) in [4.78, 5) is 17.3. The van der Waals surface area contributed by atoms with Crippen molar-refractivity contribution < 1.29 is 9.90 Å². The average Bonchev–Trinajstić information content (AvgIpc) is 2.31. The van der Waals surface area contributed by atoms with Gasteiger partial charge in [0.05, 0.1) is 17.4 Å². The van der Waals surface area contributed by atoms with Gasteiger partial charge in [-0.25, -0.2) is 9.78 Å². The molecule has 5 nitrogen and oxygen atoms in total. The third-order valence-electron chi connectivity index (χ3n) is 2.91. The molecule has 17 heavy (non-hydrogen) atoms. The lowest BCUT2D eigenvalue weighted by Crippen LogP contribution is -2.33. The van der Waals surface area contributed by atoms with Gasteiger partial charge in [-0.15, -0.1) is 0 Å². The molecule has 94 valence electrons. The maximum atomic E-state index is 11.0. The van der Waals surface area contributed by atoms with Gasteiger partial charge < -0.3 is 15.7 Å². The van der Waals surface area contributed by atoms with Crippen LogP contribution in [0.2, 0.25) is 0 Å². The molecule has 3 N–H and O–H groups in total. The zero-order valence-electron chi connectivity index (χ0n) is 10.5. The molecule has 1 aromatic heterocycles. The summed E-state index contributed by atoms with van der Waals surface area (Å²) in [6, 6.07) is 1.85. The number of hydrogen-bond donors (Lipinski definition) is 2. The Morgan fingerprint density at radius 2 is 2.24 bits per heavy atom. The Bertz CT molecular complexity index is 407. The van der Waals surface area contributed by atoms with E-state index in [9.17, 15) is 4.79 Å². The first-order chi connectivity index (χ1) is 8.01. The molecule has 5 heteroatoms. The molecule has 1 rings (SSSR count). The van der Waals surface area contributed by atoms with Gasteiger partial charge in [0.25, 0.3) is 0 Å². The predicted octanol–water partition coefficient (Wildman–Crippen LogP) is 1.99. The van der Waals surface area contributed by atoms with Crippen LogP contribution in [0.3, 0.4) is 0 Å². The van der Waals surface area contributed by atoms with Gasteiger partial charge in [-0.3, -0.25) is 0 Å². The molecule has 0 aromatic carbocycles. The van der Waals surface area contributed by atoms with Crippen LogP contribution < -0.4 is 10.6 Å². The number of aromatic nitrogens is 1. The Hall–Kier alpha value is -1.78. The molecule has 0 radical (unpaired) electrons. The number of pyridine rings is 1. The summed E-state index contributed by atoms with van der Waals surface area (Å²) in [5.41, 5.74) is 5.88. The number of rotatable bonds is 5. The molecular formula is C12H19N3O2. The van der Waals surface area contributed by atoms with Crippen molar-refractivity contribution in [2.45, 2.75) is 33.2 Å². The van der Waals surface area contributed by atoms with E-state index in [-0.39, 0.29) is 11.3 Å². The Labute approximate surface area is 101 Å². The number of carboxylic acid groups (broad SMARTS) is 1. The lowest BCUT2D eigenvalue weighted by atomic mass is 10.2. The fourth-order valence-corrected chi connectivity index (χ4v) is 1.72. The van der Waals surface area contributed by atoms with Gasteiger partial charge in [-0.1, -0.05) is 6.92 Å². The molecule has 0 aliphatic carbocycles. The van der Waals surface area contributed by atoms with Crippen molar-refractivity contribution >= 4 is 17.5 Å². The van der Waals surface area contributed by atoms with Crippen LogP contribution >= 0.6 is 0 Å². The highest BCUT2D eigenvalue weighted by molar-refractivity contribution is 5.94. The monoisotopic (exact) mass is 237 g/mol. The van der Waals surface area contributed by atoms with Gasteiger partial charge in [0.1, 0.15) is 5.82 Å². The molecule has 1 heterocycles. The third-order valence-corrected chi connectivity index (χ3v) is 2.91. The first-order valence-corrected chi connectivity index (χ1v) is 5.76. The van der Waals surface area contributed by atoms with Crippen LogP contribution in [0.4, 0.5) is 11.5 Å². The van der Waals surface area contributed by atoms with Gasteiger partial charge >= 0.3 is 5.97 Å². The molecule has 0 amide bonds. The van der Waals surface area contributed by atoms with E-state index in [1.165, 1.54) is 12.3 Å². The van der Waals surface area contributed by atoms with E-state index >= 15 is 0 Å². The van der Waals surface area contributed by atoms with Crippen LogP contribution in [0, 0.1) is 0 Å². The van der Waals surface area contributed by atoms with Crippen LogP contribution in [-0.4, -0.2) is 28.6 Å². The van der Waals surface area contributed by atoms with E-state index < -0.39 is 5.97 Å². The fraction of sp³-hybridized carbons (Fsp3) is 0.500. The van der Waals surface area contributed by atoms with E-state index in [1.54, 1.807) is 0 Å². The van der Waals surface area contributed by atoms with Crippen molar-refractivity contribution in [3.63, 3.8) is 0 Å². The zero-order chi connectivity index (χ0) is 13.0. The molecule has 1 unspecified atom stereocenters. The number of anilines is 2. The van der Waals surface area contributed by atoms with Crippen LogP contribution in [0.25, 0.3) is 0 Å². The minimum absolute atomic E-state index is 0.108. The molecule has 0 aliphatic rings. The number of nitrogens with zero attached hydrogens (tertiary/aromatic N) is 2. The van der Waals surface area contributed by atoms with Crippen molar-refractivity contribution in [2.24, 2.45) is 0 Å². The summed E-state index contributed by atoms with van der Waals surface area (Å²) in [7, 11) is 0. The quantitative estimate of drug-likeness (QED) is 0.818. The van der Waals surface area contributed by atoms with Crippen molar-refractivity contribution in [3.8, 4) is 0 Å². The van der Waals surface area contributed by atoms with Crippen molar-refractivity contribution in [3.05, 3.63) is 17.8 Å².